The predicted molar refractivity (Wildman–Crippen MR) is 89.5 cm³/mol. The standard InChI is InChI=1S/C15H13ClFN3O.ClH/c1-21-15(20-14-7-6-10(16)8-12(14)17)11-4-2-3-5-13(11)18-9-19-15;/h2-9,20H,1H3,(H,18,19);1H. The van der Waals surface area contributed by atoms with E-state index in [1.807, 2.05) is 24.3 Å². The Hall–Kier alpha value is -1.82. The number of hydrogen-bond acceptors (Lipinski definition) is 4. The van der Waals surface area contributed by atoms with Crippen LogP contribution in [0.25, 0.3) is 0 Å². The maximum absolute atomic E-state index is 14.0. The van der Waals surface area contributed by atoms with Gasteiger partial charge in [0.25, 0.3) is 5.85 Å². The fourth-order valence-corrected chi connectivity index (χ4v) is 2.41. The van der Waals surface area contributed by atoms with Crippen LogP contribution in [-0.4, -0.2) is 13.4 Å². The summed E-state index contributed by atoms with van der Waals surface area (Å²) in [6.45, 7) is 0. The van der Waals surface area contributed by atoms with Gasteiger partial charge in [0.1, 0.15) is 5.82 Å². The van der Waals surface area contributed by atoms with E-state index in [1.165, 1.54) is 19.5 Å². The lowest BCUT2D eigenvalue weighted by molar-refractivity contribution is 0.0188. The van der Waals surface area contributed by atoms with Crippen LogP contribution in [0, 0.1) is 5.82 Å². The Morgan fingerprint density at radius 3 is 2.77 bits per heavy atom. The van der Waals surface area contributed by atoms with E-state index in [4.69, 9.17) is 16.3 Å². The van der Waals surface area contributed by atoms with Crippen LogP contribution in [0.3, 0.4) is 0 Å². The van der Waals surface area contributed by atoms with Crippen LogP contribution in [0.1, 0.15) is 5.56 Å². The smallest absolute Gasteiger partial charge is 0.267 e. The Balaban J connectivity index is 0.00000176. The molecule has 0 aliphatic carbocycles. The SMILES string of the molecule is COC1(Nc2ccc(Cl)cc2F)N=CNc2ccccc21.Cl. The Bertz CT molecular complexity index is 711. The highest BCUT2D eigenvalue weighted by molar-refractivity contribution is 6.30. The Morgan fingerprint density at radius 1 is 1.27 bits per heavy atom. The molecule has 116 valence electrons. The molecule has 0 radical (unpaired) electrons. The molecule has 0 bridgehead atoms. The van der Waals surface area contributed by atoms with Crippen LogP contribution in [0.4, 0.5) is 15.8 Å². The number of hydrogen-bond donors (Lipinski definition) is 2. The first kappa shape index (κ1) is 16.5. The van der Waals surface area contributed by atoms with Crippen molar-refractivity contribution in [1.82, 2.24) is 0 Å². The number of benzene rings is 2. The van der Waals surface area contributed by atoms with Gasteiger partial charge in [0.05, 0.1) is 17.6 Å². The lowest BCUT2D eigenvalue weighted by Crippen LogP contribution is -2.39. The lowest BCUT2D eigenvalue weighted by Gasteiger charge is -2.34. The molecule has 1 aliphatic heterocycles. The van der Waals surface area contributed by atoms with E-state index in [-0.39, 0.29) is 18.1 Å². The molecule has 4 nitrogen and oxygen atoms in total. The molecule has 0 fully saturated rings. The minimum Gasteiger partial charge on any atom is -0.346 e. The zero-order chi connectivity index (χ0) is 14.9. The van der Waals surface area contributed by atoms with Gasteiger partial charge in [-0.3, -0.25) is 0 Å². The van der Waals surface area contributed by atoms with E-state index in [9.17, 15) is 4.39 Å². The Kier molecular flexibility index (Phi) is 4.90. The first-order valence-electron chi connectivity index (χ1n) is 6.33. The van der Waals surface area contributed by atoms with Crippen LogP contribution >= 0.6 is 24.0 Å². The highest BCUT2D eigenvalue weighted by Gasteiger charge is 2.36. The van der Waals surface area contributed by atoms with Gasteiger partial charge in [-0.25, -0.2) is 9.38 Å². The van der Waals surface area contributed by atoms with Crippen molar-refractivity contribution < 1.29 is 9.13 Å². The number of rotatable bonds is 3. The molecule has 0 spiro atoms. The number of halogens is 3. The minimum atomic E-state index is -1.18. The zero-order valence-corrected chi connectivity index (χ0v) is 13.2. The second-order valence-electron chi connectivity index (χ2n) is 4.55. The molecule has 0 saturated heterocycles. The molecular formula is C15H14Cl2FN3O. The Labute approximate surface area is 138 Å². The van der Waals surface area contributed by atoms with Crippen molar-refractivity contribution in [3.63, 3.8) is 0 Å². The summed E-state index contributed by atoms with van der Waals surface area (Å²) in [5.41, 5.74) is 1.87. The molecule has 0 amide bonds. The minimum absolute atomic E-state index is 0. The Morgan fingerprint density at radius 2 is 2.05 bits per heavy atom. The molecule has 3 rings (SSSR count). The van der Waals surface area contributed by atoms with Gasteiger partial charge in [-0.15, -0.1) is 12.4 Å². The number of nitrogens with zero attached hydrogens (tertiary/aromatic N) is 1. The van der Waals surface area contributed by atoms with Gasteiger partial charge in [-0.1, -0.05) is 23.7 Å². The molecule has 7 heteroatoms. The molecule has 0 aromatic heterocycles. The average molecular weight is 342 g/mol. The fraction of sp³-hybridized carbons (Fsp3) is 0.133. The first-order chi connectivity index (χ1) is 10.1. The fourth-order valence-electron chi connectivity index (χ4n) is 2.25. The van der Waals surface area contributed by atoms with Crippen LogP contribution in [0.15, 0.2) is 47.5 Å². The molecular weight excluding hydrogens is 328 g/mol. The van der Waals surface area contributed by atoms with Gasteiger partial charge in [-0.05, 0) is 30.3 Å². The quantitative estimate of drug-likeness (QED) is 0.821. The molecule has 2 N–H and O–H groups in total. The monoisotopic (exact) mass is 341 g/mol. The molecule has 2 aromatic carbocycles. The third-order valence-corrected chi connectivity index (χ3v) is 3.52. The number of aliphatic imine (C=N–C) groups is 1. The second-order valence-corrected chi connectivity index (χ2v) is 4.98. The number of nitrogens with one attached hydrogen (secondary N) is 2. The van der Waals surface area contributed by atoms with Gasteiger partial charge in [0.2, 0.25) is 0 Å². The topological polar surface area (TPSA) is 45.6 Å². The number of anilines is 2. The molecule has 2 aromatic rings. The summed E-state index contributed by atoms with van der Waals surface area (Å²) in [6.07, 6.45) is 1.52. The highest BCUT2D eigenvalue weighted by Crippen LogP contribution is 2.36. The van der Waals surface area contributed by atoms with Crippen LogP contribution in [-0.2, 0) is 10.6 Å². The number of para-hydroxylation sites is 1. The van der Waals surface area contributed by atoms with E-state index < -0.39 is 11.7 Å². The zero-order valence-electron chi connectivity index (χ0n) is 11.6. The molecule has 1 heterocycles. The van der Waals surface area contributed by atoms with Crippen molar-refractivity contribution in [1.29, 1.82) is 0 Å². The van der Waals surface area contributed by atoms with Gasteiger partial charge >= 0.3 is 0 Å². The maximum atomic E-state index is 14.0. The molecule has 1 aliphatic rings. The van der Waals surface area contributed by atoms with Crippen LogP contribution in [0.5, 0.6) is 0 Å². The summed E-state index contributed by atoms with van der Waals surface area (Å²) in [4.78, 5) is 4.31. The summed E-state index contributed by atoms with van der Waals surface area (Å²) in [7, 11) is 1.51. The maximum Gasteiger partial charge on any atom is 0.267 e. The summed E-state index contributed by atoms with van der Waals surface area (Å²) >= 11 is 5.77. The van der Waals surface area contributed by atoms with Crippen LogP contribution in [0.2, 0.25) is 5.02 Å². The number of methoxy groups -OCH3 is 1. The van der Waals surface area contributed by atoms with Gasteiger partial charge in [0, 0.05) is 17.8 Å². The van der Waals surface area contributed by atoms with Gasteiger partial charge in [-0.2, -0.15) is 0 Å². The average Bonchev–Trinajstić information content (AvgIpc) is 2.50. The van der Waals surface area contributed by atoms with E-state index in [0.29, 0.717) is 5.02 Å². The van der Waals surface area contributed by atoms with E-state index >= 15 is 0 Å². The van der Waals surface area contributed by atoms with Gasteiger partial charge < -0.3 is 15.4 Å². The number of fused-ring (bicyclic) bond motifs is 1. The molecule has 22 heavy (non-hydrogen) atoms. The molecule has 1 atom stereocenters. The van der Waals surface area contributed by atoms with Crippen LogP contribution < -0.4 is 10.6 Å². The van der Waals surface area contributed by atoms with E-state index in [2.05, 4.69) is 15.6 Å². The highest BCUT2D eigenvalue weighted by atomic mass is 35.5. The van der Waals surface area contributed by atoms with Crippen molar-refractivity contribution in [3.8, 4) is 0 Å². The van der Waals surface area contributed by atoms with E-state index in [1.54, 1.807) is 12.1 Å². The first-order valence-corrected chi connectivity index (χ1v) is 6.70. The summed E-state index contributed by atoms with van der Waals surface area (Å²) in [6, 6.07) is 11.9. The van der Waals surface area contributed by atoms with Crippen molar-refractivity contribution in [2.75, 3.05) is 17.7 Å². The van der Waals surface area contributed by atoms with Crippen molar-refractivity contribution in [2.45, 2.75) is 5.85 Å². The summed E-state index contributed by atoms with van der Waals surface area (Å²) in [5.74, 6) is -1.65. The van der Waals surface area contributed by atoms with Gasteiger partial charge in [0.15, 0.2) is 0 Å². The van der Waals surface area contributed by atoms with E-state index in [0.717, 1.165) is 11.3 Å². The molecule has 0 saturated carbocycles. The van der Waals surface area contributed by atoms with Crippen molar-refractivity contribution in [2.24, 2.45) is 4.99 Å². The predicted octanol–water partition coefficient (Wildman–Crippen LogP) is 4.22. The summed E-state index contributed by atoms with van der Waals surface area (Å²) < 4.78 is 19.6. The molecule has 1 unspecified atom stereocenters. The lowest BCUT2D eigenvalue weighted by atomic mass is 10.1. The van der Waals surface area contributed by atoms with Crippen molar-refractivity contribution in [3.05, 3.63) is 58.9 Å². The summed E-state index contributed by atoms with van der Waals surface area (Å²) in [5, 5.41) is 6.37. The van der Waals surface area contributed by atoms with Crippen molar-refractivity contribution >= 4 is 41.7 Å². The largest absolute Gasteiger partial charge is 0.346 e. The third-order valence-electron chi connectivity index (χ3n) is 3.29. The number of ether oxygens (including phenoxy) is 1. The normalized spacial score (nSPS) is 18.9. The second kappa shape index (κ2) is 6.52. The third kappa shape index (κ3) is 2.88.